The highest BCUT2D eigenvalue weighted by Gasteiger charge is 2.28. The Balaban J connectivity index is 2.10. The number of amides is 1. The zero-order valence-corrected chi connectivity index (χ0v) is 10.8. The van der Waals surface area contributed by atoms with Gasteiger partial charge >= 0.3 is 6.18 Å². The maximum absolute atomic E-state index is 12.1. The van der Waals surface area contributed by atoms with Gasteiger partial charge in [0, 0.05) is 5.38 Å². The molecule has 2 aromatic rings. The van der Waals surface area contributed by atoms with E-state index in [0.717, 1.165) is 0 Å². The van der Waals surface area contributed by atoms with Crippen molar-refractivity contribution in [2.24, 2.45) is 0 Å². The molecule has 0 spiro atoms. The second-order valence-corrected chi connectivity index (χ2v) is 4.45. The summed E-state index contributed by atoms with van der Waals surface area (Å²) in [6, 6.07) is 5.90. The summed E-state index contributed by atoms with van der Waals surface area (Å²) in [5.41, 5.74) is 1.84. The minimum Gasteiger partial charge on any atom is -0.482 e. The van der Waals surface area contributed by atoms with Crippen LogP contribution in [0.1, 0.15) is 10.5 Å². The van der Waals surface area contributed by atoms with E-state index < -0.39 is 18.7 Å². The number of nitrogens with one attached hydrogen (secondary N) is 1. The summed E-state index contributed by atoms with van der Waals surface area (Å²) in [7, 11) is 0. The van der Waals surface area contributed by atoms with E-state index in [1.165, 1.54) is 40.4 Å². The van der Waals surface area contributed by atoms with Gasteiger partial charge in [-0.2, -0.15) is 13.2 Å². The fourth-order valence-corrected chi connectivity index (χ4v) is 1.90. The molecule has 0 aliphatic heterocycles. The third-order valence-corrected chi connectivity index (χ3v) is 2.78. The first kappa shape index (κ1) is 14.3. The molecule has 0 fully saturated rings. The normalized spacial score (nSPS) is 11.2. The van der Waals surface area contributed by atoms with Crippen molar-refractivity contribution in [3.8, 4) is 5.75 Å². The van der Waals surface area contributed by atoms with Crippen molar-refractivity contribution in [2.75, 3.05) is 11.9 Å². The van der Waals surface area contributed by atoms with Crippen LogP contribution in [0.3, 0.4) is 0 Å². The van der Waals surface area contributed by atoms with Gasteiger partial charge in [-0.1, -0.05) is 12.1 Å². The van der Waals surface area contributed by atoms with Crippen LogP contribution in [0.15, 0.2) is 35.2 Å². The number of carbonyl (C=O) groups is 1. The van der Waals surface area contributed by atoms with E-state index in [1.807, 2.05) is 0 Å². The van der Waals surface area contributed by atoms with Gasteiger partial charge in [0.1, 0.15) is 11.4 Å². The highest BCUT2D eigenvalue weighted by atomic mass is 32.1. The number of ether oxygens (including phenoxy) is 1. The van der Waals surface area contributed by atoms with Crippen molar-refractivity contribution in [1.82, 2.24) is 4.98 Å². The SMILES string of the molecule is O=C(Nc1ccccc1OCC(F)(F)F)c1cscn1. The quantitative estimate of drug-likeness (QED) is 0.942. The van der Waals surface area contributed by atoms with E-state index >= 15 is 0 Å². The summed E-state index contributed by atoms with van der Waals surface area (Å²) in [5, 5.41) is 4.00. The summed E-state index contributed by atoms with van der Waals surface area (Å²) in [6.07, 6.45) is -4.44. The van der Waals surface area contributed by atoms with Crippen LogP contribution >= 0.6 is 11.3 Å². The highest BCUT2D eigenvalue weighted by molar-refractivity contribution is 7.07. The van der Waals surface area contributed by atoms with Gasteiger partial charge in [0.2, 0.25) is 0 Å². The van der Waals surface area contributed by atoms with Crippen molar-refractivity contribution in [3.63, 3.8) is 0 Å². The molecule has 1 aromatic carbocycles. The van der Waals surface area contributed by atoms with Crippen molar-refractivity contribution >= 4 is 22.9 Å². The van der Waals surface area contributed by atoms with Crippen LogP contribution in [0.25, 0.3) is 0 Å². The molecule has 1 N–H and O–H groups in total. The van der Waals surface area contributed by atoms with Crippen LogP contribution in [0.5, 0.6) is 5.75 Å². The molecule has 0 radical (unpaired) electrons. The van der Waals surface area contributed by atoms with Gasteiger partial charge in [0.15, 0.2) is 6.61 Å². The molecule has 0 bridgehead atoms. The Hall–Kier alpha value is -2.09. The smallest absolute Gasteiger partial charge is 0.422 e. The standard InChI is InChI=1S/C12H9F3N2O2S/c13-12(14,15)6-19-10-4-2-1-3-8(10)17-11(18)9-5-20-7-16-9/h1-5,7H,6H2,(H,17,18). The summed E-state index contributed by atoms with van der Waals surface area (Å²) in [4.78, 5) is 15.6. The lowest BCUT2D eigenvalue weighted by atomic mass is 10.3. The predicted molar refractivity (Wildman–Crippen MR) is 68.1 cm³/mol. The highest BCUT2D eigenvalue weighted by Crippen LogP contribution is 2.26. The van der Waals surface area contributed by atoms with Crippen LogP contribution in [0.2, 0.25) is 0 Å². The number of hydrogen-bond acceptors (Lipinski definition) is 4. The first-order valence-electron chi connectivity index (χ1n) is 5.44. The van der Waals surface area contributed by atoms with E-state index in [-0.39, 0.29) is 17.1 Å². The number of aromatic nitrogens is 1. The lowest BCUT2D eigenvalue weighted by Gasteiger charge is -2.13. The van der Waals surface area contributed by atoms with Crippen molar-refractivity contribution < 1.29 is 22.7 Å². The fourth-order valence-electron chi connectivity index (χ4n) is 1.37. The molecule has 106 valence electrons. The number of anilines is 1. The molecule has 1 heterocycles. The van der Waals surface area contributed by atoms with Crippen molar-refractivity contribution in [3.05, 3.63) is 40.8 Å². The molecule has 0 saturated carbocycles. The Morgan fingerprint density at radius 3 is 2.75 bits per heavy atom. The Morgan fingerprint density at radius 1 is 1.35 bits per heavy atom. The number of alkyl halides is 3. The average Bonchev–Trinajstić information content (AvgIpc) is 2.90. The van der Waals surface area contributed by atoms with Gasteiger partial charge in [-0.15, -0.1) is 11.3 Å². The zero-order valence-electron chi connectivity index (χ0n) is 9.98. The first-order chi connectivity index (χ1) is 9.46. The number of hydrogen-bond donors (Lipinski definition) is 1. The van der Waals surface area contributed by atoms with E-state index in [1.54, 1.807) is 6.07 Å². The molecule has 0 saturated heterocycles. The molecule has 20 heavy (non-hydrogen) atoms. The minimum absolute atomic E-state index is 0.0478. The first-order valence-corrected chi connectivity index (χ1v) is 6.38. The second kappa shape index (κ2) is 5.91. The average molecular weight is 302 g/mol. The van der Waals surface area contributed by atoms with E-state index in [2.05, 4.69) is 15.0 Å². The molecule has 4 nitrogen and oxygen atoms in total. The van der Waals surface area contributed by atoms with Gasteiger partial charge in [0.05, 0.1) is 11.2 Å². The van der Waals surface area contributed by atoms with Crippen molar-refractivity contribution in [1.29, 1.82) is 0 Å². The molecular formula is C12H9F3N2O2S. The van der Waals surface area contributed by atoms with E-state index in [9.17, 15) is 18.0 Å². The van der Waals surface area contributed by atoms with Crippen LogP contribution in [0, 0.1) is 0 Å². The molecular weight excluding hydrogens is 293 g/mol. The number of rotatable bonds is 4. The number of carbonyl (C=O) groups excluding carboxylic acids is 1. The molecule has 8 heteroatoms. The lowest BCUT2D eigenvalue weighted by Crippen LogP contribution is -2.20. The lowest BCUT2D eigenvalue weighted by molar-refractivity contribution is -0.153. The molecule has 0 aliphatic rings. The Labute approximate surface area is 116 Å². The molecule has 1 aromatic heterocycles. The van der Waals surface area contributed by atoms with Gasteiger partial charge in [-0.3, -0.25) is 4.79 Å². The molecule has 0 aliphatic carbocycles. The number of halogens is 3. The predicted octanol–water partition coefficient (Wildman–Crippen LogP) is 3.34. The summed E-state index contributed by atoms with van der Waals surface area (Å²) < 4.78 is 41.1. The molecule has 0 unspecified atom stereocenters. The van der Waals surface area contributed by atoms with E-state index in [4.69, 9.17) is 0 Å². The Kier molecular flexibility index (Phi) is 4.23. The Morgan fingerprint density at radius 2 is 2.10 bits per heavy atom. The molecule has 0 atom stereocenters. The number of benzene rings is 1. The van der Waals surface area contributed by atoms with Gasteiger partial charge in [-0.05, 0) is 12.1 Å². The monoisotopic (exact) mass is 302 g/mol. The van der Waals surface area contributed by atoms with Crippen molar-refractivity contribution in [2.45, 2.75) is 6.18 Å². The maximum Gasteiger partial charge on any atom is 0.422 e. The van der Waals surface area contributed by atoms with Crippen LogP contribution in [0.4, 0.5) is 18.9 Å². The van der Waals surface area contributed by atoms with E-state index in [0.29, 0.717) is 0 Å². The Bertz CT molecular complexity index is 585. The number of thiazole rings is 1. The fraction of sp³-hybridized carbons (Fsp3) is 0.167. The maximum atomic E-state index is 12.1. The summed E-state index contributed by atoms with van der Waals surface area (Å²) >= 11 is 1.24. The van der Waals surface area contributed by atoms with Crippen LogP contribution in [-0.4, -0.2) is 23.7 Å². The van der Waals surface area contributed by atoms with Gasteiger partial charge < -0.3 is 10.1 Å². The summed E-state index contributed by atoms with van der Waals surface area (Å²) in [5.74, 6) is -0.553. The van der Waals surface area contributed by atoms with Gasteiger partial charge in [0.25, 0.3) is 5.91 Å². The van der Waals surface area contributed by atoms with Crippen LogP contribution < -0.4 is 10.1 Å². The second-order valence-electron chi connectivity index (χ2n) is 3.73. The summed E-state index contributed by atoms with van der Waals surface area (Å²) in [6.45, 7) is -1.42. The molecule has 2 rings (SSSR count). The topological polar surface area (TPSA) is 51.2 Å². The number of nitrogens with zero attached hydrogens (tertiary/aromatic N) is 1. The third kappa shape index (κ3) is 3.95. The van der Waals surface area contributed by atoms with Crippen LogP contribution in [-0.2, 0) is 0 Å². The minimum atomic E-state index is -4.44. The largest absolute Gasteiger partial charge is 0.482 e. The molecule has 1 amide bonds. The van der Waals surface area contributed by atoms with Gasteiger partial charge in [-0.25, -0.2) is 4.98 Å². The zero-order chi connectivity index (χ0) is 14.6. The number of para-hydroxylation sites is 2. The third-order valence-electron chi connectivity index (χ3n) is 2.19.